The van der Waals surface area contributed by atoms with Gasteiger partial charge in [0.2, 0.25) is 5.91 Å². The van der Waals surface area contributed by atoms with Gasteiger partial charge in [-0.2, -0.15) is 0 Å². The normalized spacial score (nSPS) is 12.5. The van der Waals surface area contributed by atoms with Gasteiger partial charge in [-0.25, -0.2) is 0 Å². The van der Waals surface area contributed by atoms with Crippen LogP contribution in [0.15, 0.2) is 0 Å². The summed E-state index contributed by atoms with van der Waals surface area (Å²) in [5.41, 5.74) is 0. The van der Waals surface area contributed by atoms with Crippen molar-refractivity contribution >= 4 is 21.8 Å². The van der Waals surface area contributed by atoms with Crippen LogP contribution in [-0.4, -0.2) is 17.8 Å². The monoisotopic (exact) mass is 249 g/mol. The Labute approximate surface area is 89.6 Å². The van der Waals surface area contributed by atoms with E-state index in [0.717, 1.165) is 31.1 Å². The largest absolute Gasteiger partial charge is 0.355 e. The molecule has 1 amide bonds. The molecule has 1 N–H and O–H groups in total. The van der Waals surface area contributed by atoms with Crippen LogP contribution in [0, 0.1) is 5.92 Å². The van der Waals surface area contributed by atoms with Crippen molar-refractivity contribution in [3.05, 3.63) is 0 Å². The second kappa shape index (κ2) is 8.54. The standard InChI is InChI=1S/C10H20BrNO/c1-3-5-6-9(4-2)10(13)12-8-7-11/h9H,3-8H2,1-2H3,(H,12,13). The van der Waals surface area contributed by atoms with Crippen LogP contribution < -0.4 is 5.32 Å². The topological polar surface area (TPSA) is 29.1 Å². The summed E-state index contributed by atoms with van der Waals surface area (Å²) in [4.78, 5) is 11.5. The molecule has 0 saturated heterocycles. The van der Waals surface area contributed by atoms with Crippen LogP contribution >= 0.6 is 15.9 Å². The number of carbonyl (C=O) groups excluding carboxylic acids is 1. The number of carbonyl (C=O) groups is 1. The van der Waals surface area contributed by atoms with Crippen molar-refractivity contribution in [3.8, 4) is 0 Å². The minimum atomic E-state index is 0.218. The Balaban J connectivity index is 3.71. The van der Waals surface area contributed by atoms with Crippen LogP contribution in [0.4, 0.5) is 0 Å². The summed E-state index contributed by atoms with van der Waals surface area (Å²) in [6.07, 6.45) is 4.30. The highest BCUT2D eigenvalue weighted by molar-refractivity contribution is 9.09. The van der Waals surface area contributed by atoms with Crippen molar-refractivity contribution in [1.82, 2.24) is 5.32 Å². The third-order valence-electron chi connectivity index (χ3n) is 2.16. The predicted octanol–water partition coefficient (Wildman–Crippen LogP) is 2.71. The molecule has 1 atom stereocenters. The number of hydrogen-bond donors (Lipinski definition) is 1. The summed E-state index contributed by atoms with van der Waals surface area (Å²) in [5, 5.41) is 3.74. The van der Waals surface area contributed by atoms with Crippen molar-refractivity contribution in [2.24, 2.45) is 5.92 Å². The van der Waals surface area contributed by atoms with Crippen LogP contribution in [0.3, 0.4) is 0 Å². The van der Waals surface area contributed by atoms with E-state index in [1.807, 2.05) is 0 Å². The van der Waals surface area contributed by atoms with Gasteiger partial charge in [0, 0.05) is 17.8 Å². The van der Waals surface area contributed by atoms with E-state index in [1.165, 1.54) is 6.42 Å². The smallest absolute Gasteiger partial charge is 0.223 e. The zero-order chi connectivity index (χ0) is 10.1. The van der Waals surface area contributed by atoms with Gasteiger partial charge < -0.3 is 5.32 Å². The third kappa shape index (κ3) is 6.08. The van der Waals surface area contributed by atoms with E-state index >= 15 is 0 Å². The molecule has 0 saturated carbocycles. The molecule has 0 fully saturated rings. The lowest BCUT2D eigenvalue weighted by Gasteiger charge is -2.13. The highest BCUT2D eigenvalue weighted by atomic mass is 79.9. The molecule has 0 rings (SSSR count). The molecular formula is C10H20BrNO. The molecule has 0 aromatic heterocycles. The average Bonchev–Trinajstić information content (AvgIpc) is 2.16. The maximum absolute atomic E-state index is 11.5. The van der Waals surface area contributed by atoms with Gasteiger partial charge in [0.15, 0.2) is 0 Å². The fourth-order valence-corrected chi connectivity index (χ4v) is 1.48. The predicted molar refractivity (Wildman–Crippen MR) is 60.1 cm³/mol. The molecule has 1 unspecified atom stereocenters. The molecule has 0 spiro atoms. The van der Waals surface area contributed by atoms with E-state index < -0.39 is 0 Å². The van der Waals surface area contributed by atoms with Crippen molar-refractivity contribution in [2.75, 3.05) is 11.9 Å². The van der Waals surface area contributed by atoms with Gasteiger partial charge in [-0.1, -0.05) is 42.6 Å². The quantitative estimate of drug-likeness (QED) is 0.691. The molecule has 0 aliphatic heterocycles. The van der Waals surface area contributed by atoms with Gasteiger partial charge in [0.1, 0.15) is 0 Å². The Bertz CT molecular complexity index is 139. The lowest BCUT2D eigenvalue weighted by atomic mass is 9.98. The van der Waals surface area contributed by atoms with Gasteiger partial charge in [-0.3, -0.25) is 4.79 Å². The number of amides is 1. The first kappa shape index (κ1) is 12.9. The van der Waals surface area contributed by atoms with E-state index in [1.54, 1.807) is 0 Å². The lowest BCUT2D eigenvalue weighted by Crippen LogP contribution is -2.31. The molecule has 3 heteroatoms. The van der Waals surface area contributed by atoms with E-state index in [9.17, 15) is 4.79 Å². The van der Waals surface area contributed by atoms with Crippen LogP contribution in [-0.2, 0) is 4.79 Å². The number of rotatable bonds is 7. The van der Waals surface area contributed by atoms with Crippen LogP contribution in [0.1, 0.15) is 39.5 Å². The molecule has 0 radical (unpaired) electrons. The van der Waals surface area contributed by atoms with Crippen LogP contribution in [0.25, 0.3) is 0 Å². The molecule has 78 valence electrons. The number of alkyl halides is 1. The molecule has 13 heavy (non-hydrogen) atoms. The highest BCUT2D eigenvalue weighted by Gasteiger charge is 2.14. The molecule has 0 bridgehead atoms. The molecule has 0 aromatic rings. The van der Waals surface area contributed by atoms with E-state index in [0.29, 0.717) is 0 Å². The Morgan fingerprint density at radius 3 is 2.62 bits per heavy atom. The summed E-state index contributed by atoms with van der Waals surface area (Å²) >= 11 is 3.29. The molecule has 0 aliphatic rings. The minimum absolute atomic E-state index is 0.218. The summed E-state index contributed by atoms with van der Waals surface area (Å²) in [6.45, 7) is 4.97. The average molecular weight is 250 g/mol. The number of nitrogens with one attached hydrogen (secondary N) is 1. The van der Waals surface area contributed by atoms with Gasteiger partial charge in [0.05, 0.1) is 0 Å². The minimum Gasteiger partial charge on any atom is -0.355 e. The first-order valence-electron chi connectivity index (χ1n) is 5.09. The molecule has 0 aromatic carbocycles. The Kier molecular flexibility index (Phi) is 8.51. The second-order valence-electron chi connectivity index (χ2n) is 3.23. The summed E-state index contributed by atoms with van der Waals surface area (Å²) < 4.78 is 0. The summed E-state index contributed by atoms with van der Waals surface area (Å²) in [6, 6.07) is 0. The Morgan fingerprint density at radius 1 is 1.46 bits per heavy atom. The number of hydrogen-bond acceptors (Lipinski definition) is 1. The molecular weight excluding hydrogens is 230 g/mol. The maximum Gasteiger partial charge on any atom is 0.223 e. The second-order valence-corrected chi connectivity index (χ2v) is 4.02. The molecule has 2 nitrogen and oxygen atoms in total. The maximum atomic E-state index is 11.5. The van der Waals surface area contributed by atoms with Crippen molar-refractivity contribution in [3.63, 3.8) is 0 Å². The highest BCUT2D eigenvalue weighted by Crippen LogP contribution is 2.12. The van der Waals surface area contributed by atoms with Gasteiger partial charge in [-0.05, 0) is 12.8 Å². The third-order valence-corrected chi connectivity index (χ3v) is 2.56. The molecule has 0 heterocycles. The van der Waals surface area contributed by atoms with Gasteiger partial charge in [0.25, 0.3) is 0 Å². The van der Waals surface area contributed by atoms with Crippen molar-refractivity contribution in [2.45, 2.75) is 39.5 Å². The lowest BCUT2D eigenvalue weighted by molar-refractivity contribution is -0.125. The summed E-state index contributed by atoms with van der Waals surface area (Å²) in [5.74, 6) is 0.439. The number of unbranched alkanes of at least 4 members (excludes halogenated alkanes) is 1. The van der Waals surface area contributed by atoms with Crippen LogP contribution in [0.2, 0.25) is 0 Å². The SMILES string of the molecule is CCCCC(CC)C(=O)NCCBr. The zero-order valence-corrected chi connectivity index (χ0v) is 10.2. The van der Waals surface area contributed by atoms with E-state index in [4.69, 9.17) is 0 Å². The Morgan fingerprint density at radius 2 is 2.15 bits per heavy atom. The van der Waals surface area contributed by atoms with E-state index in [-0.39, 0.29) is 11.8 Å². The van der Waals surface area contributed by atoms with E-state index in [2.05, 4.69) is 35.1 Å². The van der Waals surface area contributed by atoms with Gasteiger partial charge >= 0.3 is 0 Å². The molecule has 0 aliphatic carbocycles. The van der Waals surface area contributed by atoms with Crippen molar-refractivity contribution < 1.29 is 4.79 Å². The van der Waals surface area contributed by atoms with Crippen molar-refractivity contribution in [1.29, 1.82) is 0 Å². The van der Waals surface area contributed by atoms with Gasteiger partial charge in [-0.15, -0.1) is 0 Å². The zero-order valence-electron chi connectivity index (χ0n) is 8.61. The summed E-state index contributed by atoms with van der Waals surface area (Å²) in [7, 11) is 0. The fraction of sp³-hybridized carbons (Fsp3) is 0.900. The first-order valence-corrected chi connectivity index (χ1v) is 6.22. The first-order chi connectivity index (χ1) is 6.26. The Hall–Kier alpha value is -0.0500. The fourth-order valence-electron chi connectivity index (χ4n) is 1.29. The number of halogens is 1. The van der Waals surface area contributed by atoms with Crippen LogP contribution in [0.5, 0.6) is 0 Å².